The van der Waals surface area contributed by atoms with Gasteiger partial charge < -0.3 is 16.4 Å². The zero-order chi connectivity index (χ0) is 13.4. The molecule has 0 radical (unpaired) electrons. The number of hydrogen-bond donors (Lipinski definition) is 3. The second kappa shape index (κ2) is 7.30. The number of urea groups is 1. The number of rotatable bonds is 3. The maximum absolute atomic E-state index is 13.4. The normalized spacial score (nSPS) is 9.28. The molecular formula is C13H16FN3O. The predicted molar refractivity (Wildman–Crippen MR) is 69.6 cm³/mol. The number of carbonyl (C=O) groups excluding carboxylic acids is 1. The minimum absolute atomic E-state index is 0.161. The Balaban J connectivity index is 2.75. The Morgan fingerprint density at radius 2 is 2.28 bits per heavy atom. The van der Waals surface area contributed by atoms with Crippen LogP contribution in [0.1, 0.15) is 18.9 Å². The highest BCUT2D eigenvalue weighted by atomic mass is 19.1. The standard InChI is InChI=1S/C13H16FN3O/c1-2-8-16-13(18)17-11-5-6-12(14)10(9-11)4-3-7-15/h5-6,9H,2,7-8,15H2,1H3,(H2,16,17,18). The van der Waals surface area contributed by atoms with Crippen LogP contribution in [0.2, 0.25) is 0 Å². The second-order valence-corrected chi connectivity index (χ2v) is 3.58. The van der Waals surface area contributed by atoms with Gasteiger partial charge in [-0.15, -0.1) is 0 Å². The minimum atomic E-state index is -0.435. The van der Waals surface area contributed by atoms with Crippen molar-refractivity contribution in [3.8, 4) is 11.8 Å². The van der Waals surface area contributed by atoms with Crippen molar-refractivity contribution in [2.45, 2.75) is 13.3 Å². The summed E-state index contributed by atoms with van der Waals surface area (Å²) in [5, 5.41) is 5.26. The van der Waals surface area contributed by atoms with Crippen LogP contribution in [0.3, 0.4) is 0 Å². The van der Waals surface area contributed by atoms with Crippen LogP contribution >= 0.6 is 0 Å². The van der Waals surface area contributed by atoms with Gasteiger partial charge in [-0.3, -0.25) is 0 Å². The van der Waals surface area contributed by atoms with Crippen molar-refractivity contribution in [3.63, 3.8) is 0 Å². The summed E-state index contributed by atoms with van der Waals surface area (Å²) in [4.78, 5) is 11.4. The number of benzene rings is 1. The Bertz CT molecular complexity index is 477. The van der Waals surface area contributed by atoms with Crippen molar-refractivity contribution in [2.24, 2.45) is 5.73 Å². The minimum Gasteiger partial charge on any atom is -0.338 e. The molecule has 0 bridgehead atoms. The van der Waals surface area contributed by atoms with Gasteiger partial charge in [-0.05, 0) is 24.6 Å². The Morgan fingerprint density at radius 1 is 1.50 bits per heavy atom. The van der Waals surface area contributed by atoms with Crippen LogP contribution < -0.4 is 16.4 Å². The molecule has 18 heavy (non-hydrogen) atoms. The third-order valence-electron chi connectivity index (χ3n) is 2.08. The summed E-state index contributed by atoms with van der Waals surface area (Å²) in [7, 11) is 0. The quantitative estimate of drug-likeness (QED) is 0.713. The molecule has 2 amide bonds. The van der Waals surface area contributed by atoms with Crippen LogP contribution in [-0.4, -0.2) is 19.1 Å². The van der Waals surface area contributed by atoms with Crippen LogP contribution in [-0.2, 0) is 0 Å². The highest BCUT2D eigenvalue weighted by Gasteiger charge is 2.04. The van der Waals surface area contributed by atoms with Crippen LogP contribution in [0.5, 0.6) is 0 Å². The second-order valence-electron chi connectivity index (χ2n) is 3.58. The predicted octanol–water partition coefficient (Wildman–Crippen LogP) is 1.67. The fraction of sp³-hybridized carbons (Fsp3) is 0.308. The van der Waals surface area contributed by atoms with Gasteiger partial charge in [0, 0.05) is 12.2 Å². The van der Waals surface area contributed by atoms with Crippen LogP contribution in [0.4, 0.5) is 14.9 Å². The molecule has 0 aliphatic rings. The van der Waals surface area contributed by atoms with E-state index in [1.807, 2.05) is 6.92 Å². The number of amides is 2. The van der Waals surface area contributed by atoms with Gasteiger partial charge in [-0.25, -0.2) is 9.18 Å². The molecule has 0 heterocycles. The van der Waals surface area contributed by atoms with E-state index < -0.39 is 5.82 Å². The SMILES string of the molecule is CCCNC(=O)Nc1ccc(F)c(C#CCN)c1. The van der Waals surface area contributed by atoms with Crippen molar-refractivity contribution in [1.29, 1.82) is 0 Å². The topological polar surface area (TPSA) is 67.2 Å². The summed E-state index contributed by atoms with van der Waals surface area (Å²) in [5.41, 5.74) is 5.93. The number of hydrogen-bond acceptors (Lipinski definition) is 2. The summed E-state index contributed by atoms with van der Waals surface area (Å²) in [6.45, 7) is 2.71. The molecular weight excluding hydrogens is 233 g/mol. The number of carbonyl (C=O) groups is 1. The highest BCUT2D eigenvalue weighted by molar-refractivity contribution is 5.89. The largest absolute Gasteiger partial charge is 0.338 e. The zero-order valence-electron chi connectivity index (χ0n) is 10.2. The van der Waals surface area contributed by atoms with Crippen molar-refractivity contribution in [2.75, 3.05) is 18.4 Å². The van der Waals surface area contributed by atoms with E-state index in [1.165, 1.54) is 18.2 Å². The molecule has 0 saturated carbocycles. The van der Waals surface area contributed by atoms with E-state index in [1.54, 1.807) is 0 Å². The number of anilines is 1. The monoisotopic (exact) mass is 249 g/mol. The van der Waals surface area contributed by atoms with Gasteiger partial charge in [-0.1, -0.05) is 18.8 Å². The van der Waals surface area contributed by atoms with E-state index in [-0.39, 0.29) is 18.1 Å². The summed E-state index contributed by atoms with van der Waals surface area (Å²) in [6.07, 6.45) is 0.851. The molecule has 0 aromatic heterocycles. The summed E-state index contributed by atoms with van der Waals surface area (Å²) < 4.78 is 13.4. The van der Waals surface area contributed by atoms with Crippen LogP contribution in [0.25, 0.3) is 0 Å². The van der Waals surface area contributed by atoms with Gasteiger partial charge >= 0.3 is 6.03 Å². The van der Waals surface area contributed by atoms with Crippen molar-refractivity contribution in [3.05, 3.63) is 29.6 Å². The lowest BCUT2D eigenvalue weighted by Crippen LogP contribution is -2.29. The lowest BCUT2D eigenvalue weighted by atomic mass is 10.2. The van der Waals surface area contributed by atoms with Gasteiger partial charge in [0.15, 0.2) is 0 Å². The summed E-state index contributed by atoms with van der Waals surface area (Å²) >= 11 is 0. The molecule has 4 nitrogen and oxygen atoms in total. The molecule has 4 N–H and O–H groups in total. The number of nitrogens with two attached hydrogens (primary N) is 1. The van der Waals surface area contributed by atoms with E-state index in [9.17, 15) is 9.18 Å². The molecule has 0 aliphatic heterocycles. The molecule has 1 aromatic rings. The summed E-state index contributed by atoms with van der Waals surface area (Å²) in [6, 6.07) is 3.90. The number of halogens is 1. The fourth-order valence-corrected chi connectivity index (χ4v) is 1.26. The molecule has 96 valence electrons. The number of nitrogens with one attached hydrogen (secondary N) is 2. The third kappa shape index (κ3) is 4.44. The zero-order valence-corrected chi connectivity index (χ0v) is 10.2. The van der Waals surface area contributed by atoms with Gasteiger partial charge in [0.2, 0.25) is 0 Å². The van der Waals surface area contributed by atoms with Gasteiger partial charge in [-0.2, -0.15) is 0 Å². The first-order valence-corrected chi connectivity index (χ1v) is 5.70. The molecule has 1 rings (SSSR count). The van der Waals surface area contributed by atoms with E-state index in [0.717, 1.165) is 6.42 Å². The molecule has 0 saturated heterocycles. The summed E-state index contributed by atoms with van der Waals surface area (Å²) in [5.74, 6) is 4.74. The average molecular weight is 249 g/mol. The lowest BCUT2D eigenvalue weighted by Gasteiger charge is -2.07. The van der Waals surface area contributed by atoms with Crippen LogP contribution in [0, 0.1) is 17.7 Å². The van der Waals surface area contributed by atoms with E-state index in [2.05, 4.69) is 22.5 Å². The third-order valence-corrected chi connectivity index (χ3v) is 2.08. The van der Waals surface area contributed by atoms with Gasteiger partial charge in [0.05, 0.1) is 12.1 Å². The average Bonchev–Trinajstić information content (AvgIpc) is 2.37. The Morgan fingerprint density at radius 3 is 2.94 bits per heavy atom. The van der Waals surface area contributed by atoms with Crippen molar-refractivity contribution < 1.29 is 9.18 Å². The Labute approximate surface area is 106 Å². The van der Waals surface area contributed by atoms with Crippen molar-refractivity contribution in [1.82, 2.24) is 5.32 Å². The first-order valence-electron chi connectivity index (χ1n) is 5.70. The Kier molecular flexibility index (Phi) is 5.68. The van der Waals surface area contributed by atoms with E-state index >= 15 is 0 Å². The first kappa shape index (κ1) is 14.0. The maximum Gasteiger partial charge on any atom is 0.319 e. The Hall–Kier alpha value is -2.06. The van der Waals surface area contributed by atoms with Crippen molar-refractivity contribution >= 4 is 11.7 Å². The van der Waals surface area contributed by atoms with Crippen LogP contribution in [0.15, 0.2) is 18.2 Å². The molecule has 0 fully saturated rings. The molecule has 0 atom stereocenters. The van der Waals surface area contributed by atoms with Gasteiger partial charge in [0.1, 0.15) is 5.82 Å². The lowest BCUT2D eigenvalue weighted by molar-refractivity contribution is 0.252. The smallest absolute Gasteiger partial charge is 0.319 e. The van der Waals surface area contributed by atoms with E-state index in [0.29, 0.717) is 12.2 Å². The van der Waals surface area contributed by atoms with E-state index in [4.69, 9.17) is 5.73 Å². The first-order chi connectivity index (χ1) is 8.67. The maximum atomic E-state index is 13.4. The molecule has 0 unspecified atom stereocenters. The molecule has 0 aliphatic carbocycles. The highest BCUT2D eigenvalue weighted by Crippen LogP contribution is 2.13. The molecule has 1 aromatic carbocycles. The van der Waals surface area contributed by atoms with Gasteiger partial charge in [0.25, 0.3) is 0 Å². The molecule has 5 heteroatoms. The molecule has 0 spiro atoms. The fourth-order valence-electron chi connectivity index (χ4n) is 1.26.